The topological polar surface area (TPSA) is 38.7 Å². The van der Waals surface area contributed by atoms with Crippen molar-refractivity contribution in [2.75, 3.05) is 6.61 Å². The molecule has 0 atom stereocenters. The SMILES string of the molecule is CCOC(=O)C(C)=C=Nc1cccc2ccccc12. The first-order chi connectivity index (χ1) is 9.22. The molecule has 96 valence electrons. The Kier molecular flexibility index (Phi) is 4.11. The molecule has 0 saturated carbocycles. The molecule has 2 aromatic carbocycles. The highest BCUT2D eigenvalue weighted by atomic mass is 16.5. The number of rotatable bonds is 3. The van der Waals surface area contributed by atoms with Crippen LogP contribution in [0, 0.1) is 0 Å². The summed E-state index contributed by atoms with van der Waals surface area (Å²) in [5.41, 5.74) is 1.16. The number of fused-ring (bicyclic) bond motifs is 1. The first-order valence-corrected chi connectivity index (χ1v) is 6.17. The molecule has 2 rings (SSSR count). The number of hydrogen-bond acceptors (Lipinski definition) is 3. The van der Waals surface area contributed by atoms with Gasteiger partial charge in [0.1, 0.15) is 0 Å². The fraction of sp³-hybridized carbons (Fsp3) is 0.188. The van der Waals surface area contributed by atoms with E-state index in [4.69, 9.17) is 4.74 Å². The van der Waals surface area contributed by atoms with Crippen LogP contribution in [0.4, 0.5) is 5.69 Å². The Hall–Kier alpha value is -2.38. The smallest absolute Gasteiger partial charge is 0.343 e. The number of hydrogen-bond donors (Lipinski definition) is 0. The van der Waals surface area contributed by atoms with Crippen LogP contribution in [0.15, 0.2) is 53.0 Å². The summed E-state index contributed by atoms with van der Waals surface area (Å²) in [4.78, 5) is 15.7. The van der Waals surface area contributed by atoms with Gasteiger partial charge in [0.15, 0.2) is 0 Å². The van der Waals surface area contributed by atoms with Crippen LogP contribution in [0.2, 0.25) is 0 Å². The maximum Gasteiger partial charge on any atom is 0.343 e. The molecule has 2 aromatic rings. The normalized spacial score (nSPS) is 9.79. The van der Waals surface area contributed by atoms with E-state index in [1.807, 2.05) is 42.5 Å². The maximum atomic E-state index is 11.4. The zero-order valence-electron chi connectivity index (χ0n) is 11.0. The second kappa shape index (κ2) is 5.98. The van der Waals surface area contributed by atoms with Crippen LogP contribution in [-0.2, 0) is 9.53 Å². The van der Waals surface area contributed by atoms with Crippen molar-refractivity contribution >= 4 is 28.3 Å². The molecule has 0 aliphatic rings. The summed E-state index contributed by atoms with van der Waals surface area (Å²) >= 11 is 0. The molecule has 0 saturated heterocycles. The molecule has 19 heavy (non-hydrogen) atoms. The summed E-state index contributed by atoms with van der Waals surface area (Å²) in [6.07, 6.45) is 0. The highest BCUT2D eigenvalue weighted by Gasteiger charge is 2.03. The van der Waals surface area contributed by atoms with Crippen molar-refractivity contribution in [2.45, 2.75) is 13.8 Å². The van der Waals surface area contributed by atoms with E-state index in [1.54, 1.807) is 13.8 Å². The summed E-state index contributed by atoms with van der Waals surface area (Å²) in [7, 11) is 0. The Morgan fingerprint density at radius 1 is 1.21 bits per heavy atom. The minimum Gasteiger partial charge on any atom is -0.462 e. The Bertz CT molecular complexity index is 662. The molecule has 0 unspecified atom stereocenters. The predicted molar refractivity (Wildman–Crippen MR) is 76.9 cm³/mol. The van der Waals surface area contributed by atoms with Gasteiger partial charge in [-0.05, 0) is 31.2 Å². The van der Waals surface area contributed by atoms with Gasteiger partial charge in [0.25, 0.3) is 0 Å². The molecule has 0 spiro atoms. The van der Waals surface area contributed by atoms with Gasteiger partial charge in [0.2, 0.25) is 0 Å². The largest absolute Gasteiger partial charge is 0.462 e. The fourth-order valence-corrected chi connectivity index (χ4v) is 1.73. The van der Waals surface area contributed by atoms with Gasteiger partial charge in [0.05, 0.1) is 17.9 Å². The first-order valence-electron chi connectivity index (χ1n) is 6.17. The minimum atomic E-state index is -0.383. The highest BCUT2D eigenvalue weighted by molar-refractivity contribution is 5.99. The maximum absolute atomic E-state index is 11.4. The van der Waals surface area contributed by atoms with Gasteiger partial charge in [-0.25, -0.2) is 9.79 Å². The average molecular weight is 253 g/mol. The van der Waals surface area contributed by atoms with E-state index in [-0.39, 0.29) is 5.97 Å². The van der Waals surface area contributed by atoms with E-state index >= 15 is 0 Å². The van der Waals surface area contributed by atoms with E-state index in [9.17, 15) is 4.79 Å². The number of carbonyl (C=O) groups excluding carboxylic acids is 1. The predicted octanol–water partition coefficient (Wildman–Crippen LogP) is 3.65. The third-order valence-corrected chi connectivity index (χ3v) is 2.69. The van der Waals surface area contributed by atoms with E-state index in [0.717, 1.165) is 16.5 Å². The van der Waals surface area contributed by atoms with Gasteiger partial charge < -0.3 is 4.74 Å². The highest BCUT2D eigenvalue weighted by Crippen LogP contribution is 2.24. The molecule has 0 fully saturated rings. The number of nitrogens with zero attached hydrogens (tertiary/aromatic N) is 1. The zero-order chi connectivity index (χ0) is 13.7. The molecule has 0 radical (unpaired) electrons. The molecule has 0 bridgehead atoms. The molecule has 3 nitrogen and oxygen atoms in total. The summed E-state index contributed by atoms with van der Waals surface area (Å²) < 4.78 is 4.88. The summed E-state index contributed by atoms with van der Waals surface area (Å²) in [5, 5.41) is 2.15. The lowest BCUT2D eigenvalue weighted by atomic mass is 10.1. The van der Waals surface area contributed by atoms with E-state index < -0.39 is 0 Å². The number of benzene rings is 2. The van der Waals surface area contributed by atoms with Crippen molar-refractivity contribution in [3.05, 3.63) is 48.0 Å². The Balaban J connectivity index is 2.41. The molecular formula is C16H15NO2. The average Bonchev–Trinajstić information content (AvgIpc) is 2.45. The second-order valence-electron chi connectivity index (χ2n) is 4.07. The summed E-state index contributed by atoms with van der Waals surface area (Å²) in [6, 6.07) is 13.8. The standard InChI is InChI=1S/C16H15NO2/c1-3-19-16(18)12(2)11-17-15-10-6-8-13-7-4-5-9-14(13)15/h4-10H,3H2,1-2H3. The fourth-order valence-electron chi connectivity index (χ4n) is 1.73. The van der Waals surface area contributed by atoms with E-state index in [1.165, 1.54) is 0 Å². The van der Waals surface area contributed by atoms with Crippen molar-refractivity contribution < 1.29 is 9.53 Å². The van der Waals surface area contributed by atoms with Crippen molar-refractivity contribution in [3.63, 3.8) is 0 Å². The van der Waals surface area contributed by atoms with Crippen molar-refractivity contribution in [1.82, 2.24) is 0 Å². The van der Waals surface area contributed by atoms with Gasteiger partial charge in [-0.15, -0.1) is 0 Å². The Labute approximate surface area is 112 Å². The molecule has 0 aliphatic carbocycles. The van der Waals surface area contributed by atoms with Crippen molar-refractivity contribution in [1.29, 1.82) is 0 Å². The molecule has 0 aliphatic heterocycles. The van der Waals surface area contributed by atoms with Crippen LogP contribution >= 0.6 is 0 Å². The molecule has 0 heterocycles. The Morgan fingerprint density at radius 2 is 1.95 bits per heavy atom. The molecule has 0 amide bonds. The lowest BCUT2D eigenvalue weighted by molar-refractivity contribution is -0.138. The van der Waals surface area contributed by atoms with Crippen LogP contribution in [-0.4, -0.2) is 18.4 Å². The lowest BCUT2D eigenvalue weighted by Gasteiger charge is -2.00. The number of ether oxygens (including phenoxy) is 1. The van der Waals surface area contributed by atoms with Crippen LogP contribution in [0.1, 0.15) is 13.8 Å². The molecule has 3 heteroatoms. The quantitative estimate of drug-likeness (QED) is 0.476. The first kappa shape index (κ1) is 13.1. The molecule has 0 N–H and O–H groups in total. The lowest BCUT2D eigenvalue weighted by Crippen LogP contribution is -2.05. The summed E-state index contributed by atoms with van der Waals surface area (Å²) in [5.74, 6) is 2.36. The van der Waals surface area contributed by atoms with Crippen molar-refractivity contribution in [2.24, 2.45) is 4.99 Å². The van der Waals surface area contributed by atoms with Gasteiger partial charge in [-0.1, -0.05) is 36.4 Å². The second-order valence-corrected chi connectivity index (χ2v) is 4.07. The third kappa shape index (κ3) is 3.09. The van der Waals surface area contributed by atoms with E-state index in [0.29, 0.717) is 12.2 Å². The number of aliphatic imine (C=N–C) groups is 1. The van der Waals surface area contributed by atoms with E-state index in [2.05, 4.69) is 10.9 Å². The Morgan fingerprint density at radius 3 is 2.74 bits per heavy atom. The van der Waals surface area contributed by atoms with Gasteiger partial charge in [0, 0.05) is 5.39 Å². The van der Waals surface area contributed by atoms with Crippen molar-refractivity contribution in [3.8, 4) is 0 Å². The number of carbonyl (C=O) groups is 1. The van der Waals surface area contributed by atoms with Gasteiger partial charge >= 0.3 is 5.97 Å². The third-order valence-electron chi connectivity index (χ3n) is 2.69. The monoisotopic (exact) mass is 253 g/mol. The number of esters is 1. The van der Waals surface area contributed by atoms with Crippen LogP contribution in [0.3, 0.4) is 0 Å². The van der Waals surface area contributed by atoms with Crippen LogP contribution in [0.5, 0.6) is 0 Å². The minimum absolute atomic E-state index is 0.353. The van der Waals surface area contributed by atoms with Gasteiger partial charge in [-0.2, -0.15) is 0 Å². The zero-order valence-corrected chi connectivity index (χ0v) is 11.0. The van der Waals surface area contributed by atoms with Crippen LogP contribution < -0.4 is 0 Å². The molecular weight excluding hydrogens is 238 g/mol. The van der Waals surface area contributed by atoms with Crippen LogP contribution in [0.25, 0.3) is 10.8 Å². The summed E-state index contributed by atoms with van der Waals surface area (Å²) in [6.45, 7) is 3.77. The molecule has 0 aromatic heterocycles. The van der Waals surface area contributed by atoms with Gasteiger partial charge in [-0.3, -0.25) is 0 Å².